The number of nitrogens with zero attached hydrogens (tertiary/aromatic N) is 1. The summed E-state index contributed by atoms with van der Waals surface area (Å²) in [7, 11) is -3.46. The van der Waals surface area contributed by atoms with Gasteiger partial charge in [0.25, 0.3) is 0 Å². The van der Waals surface area contributed by atoms with Crippen molar-refractivity contribution in [1.29, 1.82) is 0 Å². The molecule has 0 spiro atoms. The number of hydrogen-bond donors (Lipinski definition) is 1. The van der Waals surface area contributed by atoms with Crippen LogP contribution < -0.4 is 4.72 Å². The maximum absolute atomic E-state index is 12.2. The van der Waals surface area contributed by atoms with Crippen LogP contribution in [0.3, 0.4) is 0 Å². The molecule has 0 aliphatic carbocycles. The number of aromatic nitrogens is 1. The predicted octanol–water partition coefficient (Wildman–Crippen LogP) is 2.22. The first-order valence-corrected chi connectivity index (χ1v) is 7.94. The minimum Gasteiger partial charge on any atom is -0.261 e. The number of aryl methyl sites for hydroxylation is 2. The third kappa shape index (κ3) is 3.65. The number of nitrogens with one attached hydrogen (secondary N) is 1. The topological polar surface area (TPSA) is 59.1 Å². The molecule has 0 amide bonds. The number of hydrogen-bond acceptors (Lipinski definition) is 3. The van der Waals surface area contributed by atoms with Gasteiger partial charge in [-0.3, -0.25) is 4.98 Å². The van der Waals surface area contributed by atoms with Crippen LogP contribution >= 0.6 is 0 Å². The van der Waals surface area contributed by atoms with Gasteiger partial charge in [-0.1, -0.05) is 23.8 Å². The van der Waals surface area contributed by atoms with Crippen molar-refractivity contribution in [1.82, 2.24) is 9.71 Å². The summed E-state index contributed by atoms with van der Waals surface area (Å²) < 4.78 is 27.1. The van der Waals surface area contributed by atoms with Crippen molar-refractivity contribution in [2.75, 3.05) is 6.54 Å². The fraction of sp³-hybridized carbons (Fsp3) is 0.267. The normalized spacial score (nSPS) is 11.5. The van der Waals surface area contributed by atoms with Crippen LogP contribution in [0, 0.1) is 13.8 Å². The summed E-state index contributed by atoms with van der Waals surface area (Å²) in [6.07, 6.45) is 2.28. The van der Waals surface area contributed by atoms with Crippen molar-refractivity contribution >= 4 is 10.0 Å². The maximum Gasteiger partial charge on any atom is 0.240 e. The summed E-state index contributed by atoms with van der Waals surface area (Å²) in [6, 6.07) is 10.9. The SMILES string of the molecule is Cc1ccc(S(=O)(=O)NCCc2ccccn2)c(C)c1. The third-order valence-corrected chi connectivity index (χ3v) is 4.64. The van der Waals surface area contributed by atoms with E-state index in [1.54, 1.807) is 25.3 Å². The van der Waals surface area contributed by atoms with Gasteiger partial charge >= 0.3 is 0 Å². The van der Waals surface area contributed by atoms with Crippen LogP contribution in [0.2, 0.25) is 0 Å². The summed E-state index contributed by atoms with van der Waals surface area (Å²) in [4.78, 5) is 4.50. The first-order chi connectivity index (χ1) is 9.49. The van der Waals surface area contributed by atoms with Crippen LogP contribution in [0.5, 0.6) is 0 Å². The summed E-state index contributed by atoms with van der Waals surface area (Å²) in [6.45, 7) is 4.09. The fourth-order valence-corrected chi connectivity index (χ4v) is 3.29. The summed E-state index contributed by atoms with van der Waals surface area (Å²) in [5, 5.41) is 0. The van der Waals surface area contributed by atoms with Crippen LogP contribution in [0.25, 0.3) is 0 Å². The average Bonchev–Trinajstić information content (AvgIpc) is 2.39. The monoisotopic (exact) mass is 290 g/mol. The van der Waals surface area contributed by atoms with E-state index in [9.17, 15) is 8.42 Å². The molecule has 0 aliphatic rings. The van der Waals surface area contributed by atoms with Gasteiger partial charge in [-0.15, -0.1) is 0 Å². The van der Waals surface area contributed by atoms with Crippen molar-refractivity contribution in [3.8, 4) is 0 Å². The highest BCUT2D eigenvalue weighted by atomic mass is 32.2. The molecule has 0 unspecified atom stereocenters. The summed E-state index contributed by atoms with van der Waals surface area (Å²) in [5.41, 5.74) is 2.68. The number of sulfonamides is 1. The highest BCUT2D eigenvalue weighted by Crippen LogP contribution is 2.16. The Balaban J connectivity index is 2.04. The zero-order valence-electron chi connectivity index (χ0n) is 11.6. The standard InChI is InChI=1S/C15H18N2O2S/c1-12-6-7-15(13(2)11-12)20(18,19)17-10-8-14-5-3-4-9-16-14/h3-7,9,11,17H,8,10H2,1-2H3. The van der Waals surface area contributed by atoms with E-state index in [1.807, 2.05) is 31.2 Å². The third-order valence-electron chi connectivity index (χ3n) is 3.02. The minimum atomic E-state index is -3.46. The van der Waals surface area contributed by atoms with E-state index in [1.165, 1.54) is 0 Å². The quantitative estimate of drug-likeness (QED) is 0.918. The molecule has 1 aromatic heterocycles. The number of pyridine rings is 1. The molecule has 1 N–H and O–H groups in total. The molecule has 0 radical (unpaired) electrons. The van der Waals surface area contributed by atoms with Gasteiger partial charge in [0.1, 0.15) is 0 Å². The van der Waals surface area contributed by atoms with Crippen molar-refractivity contribution < 1.29 is 8.42 Å². The van der Waals surface area contributed by atoms with Crippen LogP contribution in [0.15, 0.2) is 47.5 Å². The molecular weight excluding hydrogens is 272 g/mol. The molecule has 0 fully saturated rings. The van der Waals surface area contributed by atoms with Gasteiger partial charge in [0.2, 0.25) is 10.0 Å². The van der Waals surface area contributed by atoms with E-state index < -0.39 is 10.0 Å². The molecule has 4 nitrogen and oxygen atoms in total. The Hall–Kier alpha value is -1.72. The summed E-state index contributed by atoms with van der Waals surface area (Å²) >= 11 is 0. The van der Waals surface area contributed by atoms with E-state index >= 15 is 0 Å². The molecule has 1 heterocycles. The fourth-order valence-electron chi connectivity index (χ4n) is 2.04. The molecule has 2 aromatic rings. The van der Waals surface area contributed by atoms with Gasteiger partial charge in [-0.25, -0.2) is 13.1 Å². The van der Waals surface area contributed by atoms with Gasteiger partial charge in [-0.05, 0) is 37.6 Å². The Kier molecular flexibility index (Phi) is 4.52. The lowest BCUT2D eigenvalue weighted by atomic mass is 10.2. The van der Waals surface area contributed by atoms with E-state index in [2.05, 4.69) is 9.71 Å². The van der Waals surface area contributed by atoms with Gasteiger partial charge in [0, 0.05) is 24.9 Å². The van der Waals surface area contributed by atoms with Crippen molar-refractivity contribution in [2.24, 2.45) is 0 Å². The molecular formula is C15H18N2O2S. The Labute approximate surface area is 119 Å². The largest absolute Gasteiger partial charge is 0.261 e. The molecule has 106 valence electrons. The Morgan fingerprint density at radius 1 is 1.15 bits per heavy atom. The van der Waals surface area contributed by atoms with E-state index in [-0.39, 0.29) is 0 Å². The highest BCUT2D eigenvalue weighted by molar-refractivity contribution is 7.89. The van der Waals surface area contributed by atoms with E-state index in [0.29, 0.717) is 17.9 Å². The van der Waals surface area contributed by atoms with Gasteiger partial charge < -0.3 is 0 Å². The van der Waals surface area contributed by atoms with Gasteiger partial charge in [0.05, 0.1) is 4.90 Å². The lowest BCUT2D eigenvalue weighted by Crippen LogP contribution is -2.26. The molecule has 0 saturated heterocycles. The van der Waals surface area contributed by atoms with Crippen molar-refractivity contribution in [3.05, 3.63) is 59.4 Å². The molecule has 0 atom stereocenters. The second-order valence-corrected chi connectivity index (χ2v) is 6.47. The van der Waals surface area contributed by atoms with Crippen molar-refractivity contribution in [2.45, 2.75) is 25.2 Å². The molecule has 0 bridgehead atoms. The smallest absolute Gasteiger partial charge is 0.240 e. The average molecular weight is 290 g/mol. The zero-order valence-corrected chi connectivity index (χ0v) is 12.4. The molecule has 0 aliphatic heterocycles. The van der Waals surface area contributed by atoms with E-state index in [4.69, 9.17) is 0 Å². The Morgan fingerprint density at radius 2 is 1.95 bits per heavy atom. The Morgan fingerprint density at radius 3 is 2.60 bits per heavy atom. The molecule has 0 saturated carbocycles. The van der Waals surface area contributed by atoms with Crippen LogP contribution in [-0.4, -0.2) is 19.9 Å². The maximum atomic E-state index is 12.2. The second-order valence-electron chi connectivity index (χ2n) is 4.74. The van der Waals surface area contributed by atoms with Gasteiger partial charge in [-0.2, -0.15) is 0 Å². The molecule has 20 heavy (non-hydrogen) atoms. The van der Waals surface area contributed by atoms with E-state index in [0.717, 1.165) is 16.8 Å². The van der Waals surface area contributed by atoms with Crippen molar-refractivity contribution in [3.63, 3.8) is 0 Å². The first kappa shape index (κ1) is 14.7. The number of rotatable bonds is 5. The predicted molar refractivity (Wildman–Crippen MR) is 79.0 cm³/mol. The molecule has 2 rings (SSSR count). The lowest BCUT2D eigenvalue weighted by Gasteiger charge is -2.09. The van der Waals surface area contributed by atoms with Crippen LogP contribution in [0.1, 0.15) is 16.8 Å². The Bertz CT molecular complexity index is 682. The molecule has 5 heteroatoms. The second kappa shape index (κ2) is 6.15. The minimum absolute atomic E-state index is 0.337. The lowest BCUT2D eigenvalue weighted by molar-refractivity contribution is 0.580. The zero-order chi connectivity index (χ0) is 14.6. The van der Waals surface area contributed by atoms with Crippen LogP contribution in [0.4, 0.5) is 0 Å². The number of benzene rings is 1. The first-order valence-electron chi connectivity index (χ1n) is 6.46. The van der Waals surface area contributed by atoms with Crippen LogP contribution in [-0.2, 0) is 16.4 Å². The molecule has 1 aromatic carbocycles. The highest BCUT2D eigenvalue weighted by Gasteiger charge is 2.15. The summed E-state index contributed by atoms with van der Waals surface area (Å²) in [5.74, 6) is 0. The van der Waals surface area contributed by atoms with Gasteiger partial charge in [0.15, 0.2) is 0 Å².